The number of nitrogens with zero attached hydrogens (tertiary/aromatic N) is 1. The molecule has 0 saturated heterocycles. The molecule has 1 aromatic heterocycles. The molecule has 6 heteroatoms. The standard InChI is InChI=1S/C21H18N2O3S/c24-19-13-18(12-15-6-2-1-3-7-15)22-21(23-19)27-14-17-9-5-4-8-16(17)10-11-20(25)26/h1-11,13H,12,14H2,(H,25,26)(H,22,23,24)/b11-10+. The third kappa shape index (κ3) is 5.69. The van der Waals surface area contributed by atoms with Crippen molar-refractivity contribution in [2.45, 2.75) is 17.3 Å². The fourth-order valence-electron chi connectivity index (χ4n) is 2.58. The number of carboxylic acid groups (broad SMARTS) is 1. The van der Waals surface area contributed by atoms with Crippen molar-refractivity contribution in [3.05, 3.63) is 99.5 Å². The summed E-state index contributed by atoms with van der Waals surface area (Å²) in [5, 5.41) is 9.36. The van der Waals surface area contributed by atoms with Crippen LogP contribution in [-0.2, 0) is 17.0 Å². The van der Waals surface area contributed by atoms with Crippen LogP contribution in [-0.4, -0.2) is 21.0 Å². The monoisotopic (exact) mass is 378 g/mol. The van der Waals surface area contributed by atoms with Gasteiger partial charge in [-0.15, -0.1) is 0 Å². The van der Waals surface area contributed by atoms with E-state index in [1.54, 1.807) is 6.08 Å². The summed E-state index contributed by atoms with van der Waals surface area (Å²) in [6.45, 7) is 0. The van der Waals surface area contributed by atoms with Gasteiger partial charge in [0.05, 0.1) is 5.69 Å². The number of carboxylic acids is 1. The highest BCUT2D eigenvalue weighted by Crippen LogP contribution is 2.22. The van der Waals surface area contributed by atoms with Crippen molar-refractivity contribution < 1.29 is 9.90 Å². The minimum absolute atomic E-state index is 0.183. The normalized spacial score (nSPS) is 11.0. The molecule has 2 N–H and O–H groups in total. The van der Waals surface area contributed by atoms with Crippen LogP contribution in [0.1, 0.15) is 22.4 Å². The summed E-state index contributed by atoms with van der Waals surface area (Å²) in [5.41, 5.74) is 3.42. The van der Waals surface area contributed by atoms with E-state index in [2.05, 4.69) is 9.97 Å². The zero-order chi connectivity index (χ0) is 19.1. The lowest BCUT2D eigenvalue weighted by molar-refractivity contribution is -0.131. The SMILES string of the molecule is O=C(O)/C=C/c1ccccc1CSc1nc(Cc2ccccc2)cc(=O)[nH]1. The number of aliphatic carboxylic acids is 1. The van der Waals surface area contributed by atoms with Gasteiger partial charge in [0.1, 0.15) is 0 Å². The molecule has 27 heavy (non-hydrogen) atoms. The number of aromatic nitrogens is 2. The highest BCUT2D eigenvalue weighted by molar-refractivity contribution is 7.98. The van der Waals surface area contributed by atoms with Crippen molar-refractivity contribution in [1.82, 2.24) is 9.97 Å². The second-order valence-corrected chi connectivity index (χ2v) is 6.83. The van der Waals surface area contributed by atoms with E-state index in [1.165, 1.54) is 17.8 Å². The lowest BCUT2D eigenvalue weighted by Crippen LogP contribution is -2.10. The first-order valence-corrected chi connectivity index (χ1v) is 9.34. The van der Waals surface area contributed by atoms with Gasteiger partial charge in [-0.2, -0.15) is 0 Å². The van der Waals surface area contributed by atoms with Crippen molar-refractivity contribution >= 4 is 23.8 Å². The zero-order valence-corrected chi connectivity index (χ0v) is 15.3. The van der Waals surface area contributed by atoms with Crippen LogP contribution in [0, 0.1) is 0 Å². The highest BCUT2D eigenvalue weighted by Gasteiger charge is 2.06. The van der Waals surface area contributed by atoms with Gasteiger partial charge < -0.3 is 10.1 Å². The minimum Gasteiger partial charge on any atom is -0.478 e. The first kappa shape index (κ1) is 18.7. The van der Waals surface area contributed by atoms with Gasteiger partial charge >= 0.3 is 5.97 Å². The fourth-order valence-corrected chi connectivity index (χ4v) is 3.49. The van der Waals surface area contributed by atoms with Crippen molar-refractivity contribution in [2.75, 3.05) is 0 Å². The van der Waals surface area contributed by atoms with Gasteiger partial charge in [0.2, 0.25) is 0 Å². The van der Waals surface area contributed by atoms with Crippen LogP contribution < -0.4 is 5.56 Å². The lowest BCUT2D eigenvalue weighted by atomic mass is 10.1. The van der Waals surface area contributed by atoms with E-state index in [0.717, 1.165) is 22.8 Å². The number of thioether (sulfide) groups is 1. The number of rotatable bonds is 7. The zero-order valence-electron chi connectivity index (χ0n) is 14.5. The number of H-pyrrole nitrogens is 1. The Morgan fingerprint density at radius 3 is 2.63 bits per heavy atom. The Morgan fingerprint density at radius 2 is 1.85 bits per heavy atom. The van der Waals surface area contributed by atoms with Gasteiger partial charge in [-0.25, -0.2) is 9.78 Å². The van der Waals surface area contributed by atoms with Crippen LogP contribution in [0.15, 0.2) is 76.7 Å². The maximum absolute atomic E-state index is 12.0. The van der Waals surface area contributed by atoms with E-state index < -0.39 is 5.97 Å². The molecule has 0 spiro atoms. The van der Waals surface area contributed by atoms with Gasteiger partial charge in [0, 0.05) is 24.3 Å². The first-order chi connectivity index (χ1) is 13.1. The van der Waals surface area contributed by atoms with E-state index in [0.29, 0.717) is 23.0 Å². The summed E-state index contributed by atoms with van der Waals surface area (Å²) >= 11 is 1.41. The predicted molar refractivity (Wildman–Crippen MR) is 107 cm³/mol. The van der Waals surface area contributed by atoms with Gasteiger partial charge in [0.25, 0.3) is 5.56 Å². The molecule has 0 saturated carbocycles. The second kappa shape index (κ2) is 9.00. The smallest absolute Gasteiger partial charge is 0.328 e. The maximum Gasteiger partial charge on any atom is 0.328 e. The number of nitrogens with one attached hydrogen (secondary N) is 1. The van der Waals surface area contributed by atoms with Crippen molar-refractivity contribution in [3.63, 3.8) is 0 Å². The summed E-state index contributed by atoms with van der Waals surface area (Å²) in [6, 6.07) is 18.9. The van der Waals surface area contributed by atoms with E-state index in [9.17, 15) is 9.59 Å². The van der Waals surface area contributed by atoms with Crippen LogP contribution in [0.5, 0.6) is 0 Å². The van der Waals surface area contributed by atoms with Crippen LogP contribution in [0.2, 0.25) is 0 Å². The van der Waals surface area contributed by atoms with Crippen molar-refractivity contribution in [1.29, 1.82) is 0 Å². The van der Waals surface area contributed by atoms with Gasteiger partial charge in [-0.3, -0.25) is 4.79 Å². The Morgan fingerprint density at radius 1 is 1.11 bits per heavy atom. The minimum atomic E-state index is -0.989. The molecule has 0 aliphatic carbocycles. The Bertz CT molecular complexity index is 1010. The molecule has 0 atom stereocenters. The molecule has 0 radical (unpaired) electrons. The van der Waals surface area contributed by atoms with Gasteiger partial charge in [-0.05, 0) is 22.8 Å². The Balaban J connectivity index is 1.75. The Labute approximate surface area is 160 Å². The summed E-state index contributed by atoms with van der Waals surface area (Å²) in [6.07, 6.45) is 3.28. The van der Waals surface area contributed by atoms with Crippen LogP contribution in [0.25, 0.3) is 6.08 Å². The molecule has 5 nitrogen and oxygen atoms in total. The van der Waals surface area contributed by atoms with Gasteiger partial charge in [-0.1, -0.05) is 66.4 Å². The number of aromatic amines is 1. The summed E-state index contributed by atoms with van der Waals surface area (Å²) in [4.78, 5) is 30.0. The Hall–Kier alpha value is -3.12. The fraction of sp³-hybridized carbons (Fsp3) is 0.0952. The predicted octanol–water partition coefficient (Wildman–Crippen LogP) is 3.75. The quantitative estimate of drug-likeness (QED) is 0.372. The summed E-state index contributed by atoms with van der Waals surface area (Å²) in [5.74, 6) is -0.422. The summed E-state index contributed by atoms with van der Waals surface area (Å²) in [7, 11) is 0. The number of hydrogen-bond donors (Lipinski definition) is 2. The van der Waals surface area contributed by atoms with Crippen LogP contribution >= 0.6 is 11.8 Å². The largest absolute Gasteiger partial charge is 0.478 e. The average Bonchev–Trinajstić information content (AvgIpc) is 2.65. The molecule has 3 aromatic rings. The third-order valence-corrected chi connectivity index (χ3v) is 4.75. The molecule has 0 unspecified atom stereocenters. The molecule has 0 aliphatic rings. The molecule has 3 rings (SSSR count). The molecule has 1 heterocycles. The van der Waals surface area contributed by atoms with E-state index >= 15 is 0 Å². The van der Waals surface area contributed by atoms with Crippen molar-refractivity contribution in [2.24, 2.45) is 0 Å². The lowest BCUT2D eigenvalue weighted by Gasteiger charge is -2.07. The Kier molecular flexibility index (Phi) is 6.22. The van der Waals surface area contributed by atoms with Crippen molar-refractivity contribution in [3.8, 4) is 0 Å². The summed E-state index contributed by atoms with van der Waals surface area (Å²) < 4.78 is 0. The van der Waals surface area contributed by atoms with Gasteiger partial charge in [0.15, 0.2) is 5.16 Å². The second-order valence-electron chi connectivity index (χ2n) is 5.86. The molecule has 0 aliphatic heterocycles. The van der Waals surface area contributed by atoms with E-state index in [1.807, 2.05) is 54.6 Å². The van der Waals surface area contributed by atoms with E-state index in [4.69, 9.17) is 5.11 Å². The first-order valence-electron chi connectivity index (χ1n) is 8.36. The molecule has 136 valence electrons. The molecule has 2 aromatic carbocycles. The average molecular weight is 378 g/mol. The number of hydrogen-bond acceptors (Lipinski definition) is 4. The molecular formula is C21H18N2O3S. The topological polar surface area (TPSA) is 83.0 Å². The molecule has 0 fully saturated rings. The van der Waals surface area contributed by atoms with Crippen LogP contribution in [0.4, 0.5) is 0 Å². The highest BCUT2D eigenvalue weighted by atomic mass is 32.2. The molecular weight excluding hydrogens is 360 g/mol. The molecule has 0 amide bonds. The third-order valence-electron chi connectivity index (χ3n) is 3.83. The van der Waals surface area contributed by atoms with Crippen LogP contribution in [0.3, 0.4) is 0 Å². The molecule has 0 bridgehead atoms. The number of carbonyl (C=O) groups is 1. The number of benzene rings is 2. The maximum atomic E-state index is 12.0. The van der Waals surface area contributed by atoms with E-state index in [-0.39, 0.29) is 5.56 Å².